The predicted octanol–water partition coefficient (Wildman–Crippen LogP) is 0.623. The second-order valence-electron chi connectivity index (χ2n) is 4.86. The Hall–Kier alpha value is -0.610. The van der Waals surface area contributed by atoms with Crippen LogP contribution in [0, 0.1) is 5.92 Å². The van der Waals surface area contributed by atoms with Gasteiger partial charge >= 0.3 is 0 Å². The van der Waals surface area contributed by atoms with E-state index in [-0.39, 0.29) is 12.0 Å². The Morgan fingerprint density at radius 2 is 2.31 bits per heavy atom. The summed E-state index contributed by atoms with van der Waals surface area (Å²) in [4.78, 5) is 14.3. The van der Waals surface area contributed by atoms with Gasteiger partial charge in [0.1, 0.15) is 0 Å². The van der Waals surface area contributed by atoms with E-state index in [4.69, 9.17) is 4.74 Å². The fourth-order valence-corrected chi connectivity index (χ4v) is 2.52. The van der Waals surface area contributed by atoms with Crippen LogP contribution in [0.3, 0.4) is 0 Å². The van der Waals surface area contributed by atoms with Crippen LogP contribution in [0.25, 0.3) is 0 Å². The molecule has 2 heterocycles. The van der Waals surface area contributed by atoms with Crippen molar-refractivity contribution in [3.63, 3.8) is 0 Å². The molecule has 1 N–H and O–H groups in total. The van der Waals surface area contributed by atoms with Crippen molar-refractivity contribution in [2.75, 3.05) is 32.8 Å². The molecule has 1 unspecified atom stereocenters. The van der Waals surface area contributed by atoms with Crippen LogP contribution in [0.2, 0.25) is 0 Å². The summed E-state index contributed by atoms with van der Waals surface area (Å²) in [6, 6.07) is 0. The maximum atomic E-state index is 12.3. The first kappa shape index (κ1) is 11.9. The zero-order valence-corrected chi connectivity index (χ0v) is 10.1. The molecule has 4 nitrogen and oxygen atoms in total. The summed E-state index contributed by atoms with van der Waals surface area (Å²) in [7, 11) is 0. The first-order valence-electron chi connectivity index (χ1n) is 6.38. The van der Waals surface area contributed by atoms with Gasteiger partial charge in [-0.1, -0.05) is 0 Å². The SMILES string of the molecule is CC1CN(C(=O)[C@@H]2CCCNC2)CCCO1. The molecule has 0 aliphatic carbocycles. The fraction of sp³-hybridized carbons (Fsp3) is 0.917. The van der Waals surface area contributed by atoms with E-state index < -0.39 is 0 Å². The summed E-state index contributed by atoms with van der Waals surface area (Å²) < 4.78 is 5.56. The minimum Gasteiger partial charge on any atom is -0.377 e. The second-order valence-corrected chi connectivity index (χ2v) is 4.86. The molecule has 2 aliphatic heterocycles. The van der Waals surface area contributed by atoms with Crippen molar-refractivity contribution in [3.8, 4) is 0 Å². The third-order valence-corrected chi connectivity index (χ3v) is 3.41. The minimum absolute atomic E-state index is 0.183. The normalized spacial score (nSPS) is 32.2. The topological polar surface area (TPSA) is 41.6 Å². The Labute approximate surface area is 97.3 Å². The smallest absolute Gasteiger partial charge is 0.227 e. The molecule has 0 aromatic carbocycles. The second kappa shape index (κ2) is 5.64. The van der Waals surface area contributed by atoms with Gasteiger partial charge in [-0.15, -0.1) is 0 Å². The summed E-state index contributed by atoms with van der Waals surface area (Å²) >= 11 is 0. The third kappa shape index (κ3) is 2.95. The number of hydrogen-bond acceptors (Lipinski definition) is 3. The van der Waals surface area contributed by atoms with Crippen LogP contribution in [0.15, 0.2) is 0 Å². The number of carbonyl (C=O) groups is 1. The summed E-state index contributed by atoms with van der Waals surface area (Å²) in [5.74, 6) is 0.517. The first-order chi connectivity index (χ1) is 7.77. The molecule has 0 bridgehead atoms. The molecule has 16 heavy (non-hydrogen) atoms. The van der Waals surface area contributed by atoms with E-state index in [1.807, 2.05) is 11.8 Å². The Bertz CT molecular complexity index is 239. The standard InChI is InChI=1S/C12H22N2O2/c1-10-9-14(6-3-7-16-10)12(15)11-4-2-5-13-8-11/h10-11,13H,2-9H2,1H3/t10?,11-/m1/s1. The molecule has 0 radical (unpaired) electrons. The Balaban J connectivity index is 1.91. The zero-order chi connectivity index (χ0) is 11.4. The lowest BCUT2D eigenvalue weighted by Gasteiger charge is -2.29. The number of ether oxygens (including phenoxy) is 1. The van der Waals surface area contributed by atoms with E-state index >= 15 is 0 Å². The van der Waals surface area contributed by atoms with Crippen LogP contribution in [0.4, 0.5) is 0 Å². The van der Waals surface area contributed by atoms with Crippen LogP contribution in [0.1, 0.15) is 26.2 Å². The maximum absolute atomic E-state index is 12.3. The van der Waals surface area contributed by atoms with Crippen molar-refractivity contribution >= 4 is 5.91 Å². The summed E-state index contributed by atoms with van der Waals surface area (Å²) in [5, 5.41) is 3.30. The molecule has 2 rings (SSSR count). The average Bonchev–Trinajstić information content (AvgIpc) is 2.54. The van der Waals surface area contributed by atoms with Crippen molar-refractivity contribution in [1.82, 2.24) is 10.2 Å². The fourth-order valence-electron chi connectivity index (χ4n) is 2.52. The van der Waals surface area contributed by atoms with Gasteiger partial charge in [0.2, 0.25) is 5.91 Å². The van der Waals surface area contributed by atoms with Gasteiger partial charge < -0.3 is 15.0 Å². The van der Waals surface area contributed by atoms with Crippen LogP contribution in [-0.2, 0) is 9.53 Å². The zero-order valence-electron chi connectivity index (χ0n) is 10.1. The van der Waals surface area contributed by atoms with Crippen LogP contribution in [-0.4, -0.2) is 49.7 Å². The van der Waals surface area contributed by atoms with Gasteiger partial charge in [0.25, 0.3) is 0 Å². The van der Waals surface area contributed by atoms with E-state index in [9.17, 15) is 4.79 Å². The van der Waals surface area contributed by atoms with E-state index in [1.54, 1.807) is 0 Å². The molecule has 2 atom stereocenters. The molecule has 0 spiro atoms. The molecule has 2 saturated heterocycles. The van der Waals surface area contributed by atoms with E-state index in [2.05, 4.69) is 5.32 Å². The highest BCUT2D eigenvalue weighted by Gasteiger charge is 2.27. The highest BCUT2D eigenvalue weighted by Crippen LogP contribution is 2.15. The van der Waals surface area contributed by atoms with Gasteiger partial charge in [0.15, 0.2) is 0 Å². The predicted molar refractivity (Wildman–Crippen MR) is 62.2 cm³/mol. The lowest BCUT2D eigenvalue weighted by atomic mass is 9.98. The first-order valence-corrected chi connectivity index (χ1v) is 6.38. The third-order valence-electron chi connectivity index (χ3n) is 3.41. The number of carbonyl (C=O) groups excluding carboxylic acids is 1. The molecule has 2 fully saturated rings. The van der Waals surface area contributed by atoms with Crippen molar-refractivity contribution in [2.24, 2.45) is 5.92 Å². The molecule has 0 saturated carbocycles. The molecular formula is C12H22N2O2. The molecule has 4 heteroatoms. The number of nitrogens with one attached hydrogen (secondary N) is 1. The van der Waals surface area contributed by atoms with Gasteiger partial charge in [-0.05, 0) is 32.7 Å². The molecular weight excluding hydrogens is 204 g/mol. The highest BCUT2D eigenvalue weighted by molar-refractivity contribution is 5.79. The molecule has 2 aliphatic rings. The highest BCUT2D eigenvalue weighted by atomic mass is 16.5. The van der Waals surface area contributed by atoms with Gasteiger partial charge in [-0.25, -0.2) is 0 Å². The maximum Gasteiger partial charge on any atom is 0.227 e. The van der Waals surface area contributed by atoms with Crippen LogP contribution >= 0.6 is 0 Å². The van der Waals surface area contributed by atoms with E-state index in [0.29, 0.717) is 5.91 Å². The Morgan fingerprint density at radius 1 is 1.44 bits per heavy atom. The Morgan fingerprint density at radius 3 is 3.06 bits per heavy atom. The Kier molecular flexibility index (Phi) is 4.18. The summed E-state index contributed by atoms with van der Waals surface area (Å²) in [6.45, 7) is 6.36. The summed E-state index contributed by atoms with van der Waals surface area (Å²) in [6.07, 6.45) is 3.31. The molecule has 0 aromatic rings. The van der Waals surface area contributed by atoms with Crippen molar-refractivity contribution in [3.05, 3.63) is 0 Å². The van der Waals surface area contributed by atoms with Gasteiger partial charge in [0.05, 0.1) is 12.0 Å². The molecule has 92 valence electrons. The monoisotopic (exact) mass is 226 g/mol. The number of rotatable bonds is 1. The lowest BCUT2D eigenvalue weighted by Crippen LogP contribution is -2.45. The van der Waals surface area contributed by atoms with Gasteiger partial charge in [-0.3, -0.25) is 4.79 Å². The van der Waals surface area contributed by atoms with Gasteiger partial charge in [0, 0.05) is 26.2 Å². The number of hydrogen-bond donors (Lipinski definition) is 1. The summed E-state index contributed by atoms with van der Waals surface area (Å²) in [5.41, 5.74) is 0. The van der Waals surface area contributed by atoms with Crippen molar-refractivity contribution in [1.29, 1.82) is 0 Å². The van der Waals surface area contributed by atoms with Crippen LogP contribution in [0.5, 0.6) is 0 Å². The largest absolute Gasteiger partial charge is 0.377 e. The number of nitrogens with zero attached hydrogens (tertiary/aromatic N) is 1. The van der Waals surface area contributed by atoms with Crippen molar-refractivity contribution in [2.45, 2.75) is 32.3 Å². The molecule has 1 amide bonds. The van der Waals surface area contributed by atoms with Crippen molar-refractivity contribution < 1.29 is 9.53 Å². The number of amides is 1. The lowest BCUT2D eigenvalue weighted by molar-refractivity contribution is -0.136. The molecule has 0 aromatic heterocycles. The van der Waals surface area contributed by atoms with Crippen LogP contribution < -0.4 is 5.32 Å². The van der Waals surface area contributed by atoms with Gasteiger partial charge in [-0.2, -0.15) is 0 Å². The minimum atomic E-state index is 0.183. The quantitative estimate of drug-likeness (QED) is 0.713. The number of piperidine rings is 1. The average molecular weight is 226 g/mol. The van der Waals surface area contributed by atoms with E-state index in [0.717, 1.165) is 52.0 Å². The van der Waals surface area contributed by atoms with E-state index in [1.165, 1.54) is 0 Å².